The third-order valence-electron chi connectivity index (χ3n) is 5.51. The van der Waals surface area contributed by atoms with Gasteiger partial charge in [-0.25, -0.2) is 4.31 Å². The van der Waals surface area contributed by atoms with Gasteiger partial charge in [-0.05, 0) is 56.4 Å². The van der Waals surface area contributed by atoms with E-state index in [2.05, 4.69) is 19.1 Å². The van der Waals surface area contributed by atoms with E-state index in [1.807, 2.05) is 0 Å². The molecule has 0 amide bonds. The molecule has 1 aromatic carbocycles. The molecule has 0 saturated carbocycles. The van der Waals surface area contributed by atoms with Crippen molar-refractivity contribution in [1.82, 2.24) is 0 Å². The molecular weight excluding hydrogens is 410 g/mol. The molecule has 0 radical (unpaired) electrons. The number of anilines is 1. The van der Waals surface area contributed by atoms with Crippen LogP contribution in [0.2, 0.25) is 0 Å². The highest BCUT2D eigenvalue weighted by atomic mass is 32.2. The number of rotatable bonds is 19. The van der Waals surface area contributed by atoms with Gasteiger partial charge >= 0.3 is 10.3 Å². The van der Waals surface area contributed by atoms with E-state index in [1.54, 1.807) is 31.4 Å². The van der Waals surface area contributed by atoms with Crippen LogP contribution >= 0.6 is 0 Å². The monoisotopic (exact) mass is 453 g/mol. The molecule has 0 bridgehead atoms. The summed E-state index contributed by atoms with van der Waals surface area (Å²) in [6, 6.07) is 6.67. The number of hydrogen-bond donors (Lipinski definition) is 1. The molecule has 178 valence electrons. The van der Waals surface area contributed by atoms with Crippen LogP contribution in [0.1, 0.15) is 96.8 Å². The second-order valence-corrected chi connectivity index (χ2v) is 9.52. The van der Waals surface area contributed by atoms with E-state index in [0.717, 1.165) is 30.0 Å². The van der Waals surface area contributed by atoms with E-state index in [9.17, 15) is 13.0 Å². The lowest BCUT2D eigenvalue weighted by Gasteiger charge is -2.21. The molecule has 0 aliphatic carbocycles. The lowest BCUT2D eigenvalue weighted by Crippen LogP contribution is -2.31. The van der Waals surface area contributed by atoms with Gasteiger partial charge in [0.1, 0.15) is 5.75 Å². The van der Waals surface area contributed by atoms with Crippen molar-refractivity contribution in [3.8, 4) is 5.75 Å². The Bertz CT molecular complexity index is 686. The Labute approximate surface area is 190 Å². The zero-order valence-electron chi connectivity index (χ0n) is 19.6. The molecule has 0 aliphatic heterocycles. The van der Waals surface area contributed by atoms with Crippen LogP contribution in [-0.4, -0.2) is 26.6 Å². The zero-order chi connectivity index (χ0) is 22.8. The third-order valence-corrected chi connectivity index (χ3v) is 6.46. The normalized spacial score (nSPS) is 11.8. The van der Waals surface area contributed by atoms with Gasteiger partial charge in [0, 0.05) is 6.54 Å². The molecule has 0 aliphatic rings. The van der Waals surface area contributed by atoms with Gasteiger partial charge < -0.3 is 4.74 Å². The summed E-state index contributed by atoms with van der Waals surface area (Å²) < 4.78 is 39.1. The zero-order valence-corrected chi connectivity index (χ0v) is 20.4. The first-order valence-electron chi connectivity index (χ1n) is 12.0. The first kappa shape index (κ1) is 27.5. The first-order valence-corrected chi connectivity index (χ1v) is 13.4. The van der Waals surface area contributed by atoms with Crippen molar-refractivity contribution >= 4 is 16.0 Å². The minimum atomic E-state index is -4.27. The van der Waals surface area contributed by atoms with Crippen molar-refractivity contribution in [3.05, 3.63) is 36.4 Å². The molecule has 0 heterocycles. The average molecular weight is 454 g/mol. The summed E-state index contributed by atoms with van der Waals surface area (Å²) in [4.78, 5) is 0. The molecule has 0 spiro atoms. The molecule has 31 heavy (non-hydrogen) atoms. The Morgan fingerprint density at radius 3 is 1.77 bits per heavy atom. The van der Waals surface area contributed by atoms with Crippen molar-refractivity contribution in [2.75, 3.05) is 18.0 Å². The number of benzene rings is 1. The molecular formula is C25H43NO4S. The van der Waals surface area contributed by atoms with E-state index in [-0.39, 0.29) is 6.54 Å². The van der Waals surface area contributed by atoms with E-state index in [0.29, 0.717) is 11.4 Å². The average Bonchev–Trinajstić information content (AvgIpc) is 2.75. The molecule has 0 aromatic heterocycles. The number of allylic oxidation sites excluding steroid dienone is 2. The van der Waals surface area contributed by atoms with Gasteiger partial charge in [0.05, 0.1) is 12.8 Å². The number of unbranched alkanes of at least 4 members (excludes halogenated alkanes) is 12. The van der Waals surface area contributed by atoms with E-state index in [1.165, 1.54) is 64.2 Å². The van der Waals surface area contributed by atoms with Gasteiger partial charge in [0.2, 0.25) is 0 Å². The fourth-order valence-corrected chi connectivity index (χ4v) is 4.38. The molecule has 1 rings (SSSR count). The fraction of sp³-hybridized carbons (Fsp3) is 0.680. The minimum absolute atomic E-state index is 0.284. The van der Waals surface area contributed by atoms with Crippen molar-refractivity contribution in [1.29, 1.82) is 0 Å². The molecule has 6 heteroatoms. The second kappa shape index (κ2) is 17.1. The highest BCUT2D eigenvalue weighted by molar-refractivity contribution is 7.87. The summed E-state index contributed by atoms with van der Waals surface area (Å²) in [6.07, 6.45) is 21.5. The van der Waals surface area contributed by atoms with Gasteiger partial charge in [-0.3, -0.25) is 4.55 Å². The van der Waals surface area contributed by atoms with E-state index >= 15 is 0 Å². The molecule has 1 aromatic rings. The Morgan fingerprint density at radius 1 is 0.806 bits per heavy atom. The summed E-state index contributed by atoms with van der Waals surface area (Å²) in [5, 5.41) is 0. The number of hydrogen-bond acceptors (Lipinski definition) is 3. The number of ether oxygens (including phenoxy) is 1. The lowest BCUT2D eigenvalue weighted by atomic mass is 10.1. The molecule has 1 N–H and O–H groups in total. The van der Waals surface area contributed by atoms with Gasteiger partial charge in [-0.2, -0.15) is 8.42 Å². The smallest absolute Gasteiger partial charge is 0.359 e. The lowest BCUT2D eigenvalue weighted by molar-refractivity contribution is 0.415. The molecule has 0 atom stereocenters. The van der Waals surface area contributed by atoms with Gasteiger partial charge in [0.15, 0.2) is 0 Å². The van der Waals surface area contributed by atoms with Crippen LogP contribution in [0.25, 0.3) is 0 Å². The fourth-order valence-electron chi connectivity index (χ4n) is 3.63. The van der Waals surface area contributed by atoms with Crippen molar-refractivity contribution in [3.63, 3.8) is 0 Å². The topological polar surface area (TPSA) is 66.8 Å². The Balaban J connectivity index is 2.09. The Kier molecular flexibility index (Phi) is 15.2. The quantitative estimate of drug-likeness (QED) is 0.135. The van der Waals surface area contributed by atoms with Crippen LogP contribution in [0.5, 0.6) is 5.75 Å². The summed E-state index contributed by atoms with van der Waals surface area (Å²) >= 11 is 0. The Morgan fingerprint density at radius 2 is 1.29 bits per heavy atom. The van der Waals surface area contributed by atoms with Crippen molar-refractivity contribution in [2.45, 2.75) is 96.8 Å². The van der Waals surface area contributed by atoms with Crippen molar-refractivity contribution < 1.29 is 17.7 Å². The first-order chi connectivity index (χ1) is 15.0. The molecule has 0 saturated heterocycles. The van der Waals surface area contributed by atoms with Gasteiger partial charge in [0.25, 0.3) is 0 Å². The minimum Gasteiger partial charge on any atom is -0.497 e. The Hall–Kier alpha value is -1.53. The highest BCUT2D eigenvalue weighted by Crippen LogP contribution is 2.22. The highest BCUT2D eigenvalue weighted by Gasteiger charge is 2.19. The second-order valence-electron chi connectivity index (χ2n) is 8.19. The molecule has 0 unspecified atom stereocenters. The predicted octanol–water partition coefficient (Wildman–Crippen LogP) is 7.34. The maximum absolute atomic E-state index is 11.7. The van der Waals surface area contributed by atoms with Crippen molar-refractivity contribution in [2.24, 2.45) is 0 Å². The van der Waals surface area contributed by atoms with Crippen LogP contribution in [0.3, 0.4) is 0 Å². The summed E-state index contributed by atoms with van der Waals surface area (Å²) in [5.41, 5.74) is 0.455. The van der Waals surface area contributed by atoms with Crippen LogP contribution in [-0.2, 0) is 10.3 Å². The van der Waals surface area contributed by atoms with E-state index in [4.69, 9.17) is 4.74 Å². The maximum atomic E-state index is 11.7. The van der Waals surface area contributed by atoms with Crippen LogP contribution < -0.4 is 9.04 Å². The van der Waals surface area contributed by atoms with Crippen LogP contribution in [0.4, 0.5) is 5.69 Å². The number of nitrogens with zero attached hydrogens (tertiary/aromatic N) is 1. The third kappa shape index (κ3) is 13.5. The summed E-state index contributed by atoms with van der Waals surface area (Å²) in [7, 11) is -2.72. The van der Waals surface area contributed by atoms with Crippen LogP contribution in [0.15, 0.2) is 36.4 Å². The molecule has 0 fully saturated rings. The predicted molar refractivity (Wildman–Crippen MR) is 131 cm³/mol. The largest absolute Gasteiger partial charge is 0.497 e. The SMILES string of the molecule is CCCCCCCC/C=C\CCCCCCCCN(c1ccc(OC)cc1)S(=O)(=O)O. The van der Waals surface area contributed by atoms with Crippen LogP contribution in [0, 0.1) is 0 Å². The summed E-state index contributed by atoms with van der Waals surface area (Å²) in [6.45, 7) is 2.54. The van der Waals surface area contributed by atoms with Gasteiger partial charge in [-0.1, -0.05) is 76.9 Å². The number of methoxy groups -OCH3 is 1. The standard InChI is InChI=1S/C25H43NO4S/c1-3-4-5-6-7-8-9-10-11-12-13-14-15-16-17-18-23-26(31(27,28)29)24-19-21-25(30-2)22-20-24/h10-11,19-22H,3-9,12-18,23H2,1-2H3,(H,27,28,29)/b11-10-. The summed E-state index contributed by atoms with van der Waals surface area (Å²) in [5.74, 6) is 0.649. The maximum Gasteiger partial charge on any atom is 0.359 e. The van der Waals surface area contributed by atoms with Gasteiger partial charge in [-0.15, -0.1) is 0 Å². The van der Waals surface area contributed by atoms with E-state index < -0.39 is 10.3 Å². The molecule has 5 nitrogen and oxygen atoms in total.